The Morgan fingerprint density at radius 3 is 2.59 bits per heavy atom. The first-order valence-electron chi connectivity index (χ1n) is 10.7. The number of aromatic nitrogens is 1. The van der Waals surface area contributed by atoms with Gasteiger partial charge in [-0.25, -0.2) is 0 Å². The summed E-state index contributed by atoms with van der Waals surface area (Å²) in [6.07, 6.45) is 1.12. The van der Waals surface area contributed by atoms with Crippen molar-refractivity contribution >= 4 is 5.96 Å². The lowest BCUT2D eigenvalue weighted by atomic mass is 9.95. The second-order valence-electron chi connectivity index (χ2n) is 8.48. The van der Waals surface area contributed by atoms with Crippen LogP contribution in [0.1, 0.15) is 56.2 Å². The molecule has 6 nitrogen and oxygen atoms in total. The maximum atomic E-state index is 5.41. The summed E-state index contributed by atoms with van der Waals surface area (Å²) in [6, 6.07) is 11.3. The third kappa shape index (κ3) is 5.60. The van der Waals surface area contributed by atoms with Crippen LogP contribution in [0.4, 0.5) is 0 Å². The minimum Gasteiger partial charge on any atom is -0.359 e. The molecule has 2 heterocycles. The van der Waals surface area contributed by atoms with E-state index >= 15 is 0 Å². The summed E-state index contributed by atoms with van der Waals surface area (Å²) in [7, 11) is 1.80. The Kier molecular flexibility index (Phi) is 7.31. The van der Waals surface area contributed by atoms with Gasteiger partial charge < -0.3 is 15.2 Å². The van der Waals surface area contributed by atoms with E-state index in [1.54, 1.807) is 7.05 Å². The van der Waals surface area contributed by atoms with Crippen LogP contribution in [0.25, 0.3) is 0 Å². The maximum Gasteiger partial charge on any atom is 0.191 e. The minimum absolute atomic E-state index is 0.367. The van der Waals surface area contributed by atoms with Crippen LogP contribution in [0.5, 0.6) is 0 Å². The van der Waals surface area contributed by atoms with Gasteiger partial charge in [0, 0.05) is 38.8 Å². The van der Waals surface area contributed by atoms with Crippen molar-refractivity contribution < 1.29 is 4.52 Å². The van der Waals surface area contributed by atoms with Gasteiger partial charge in [0.25, 0.3) is 0 Å². The fourth-order valence-electron chi connectivity index (χ4n) is 3.86. The third-order valence-corrected chi connectivity index (χ3v) is 5.70. The molecule has 0 spiro atoms. The third-order valence-electron chi connectivity index (χ3n) is 5.70. The first kappa shape index (κ1) is 21.4. The van der Waals surface area contributed by atoms with E-state index in [2.05, 4.69) is 77.6 Å². The van der Waals surface area contributed by atoms with Gasteiger partial charge in [-0.3, -0.25) is 9.89 Å². The Morgan fingerprint density at radius 2 is 1.93 bits per heavy atom. The minimum atomic E-state index is 0.367. The molecule has 158 valence electrons. The predicted octanol–water partition coefficient (Wildman–Crippen LogP) is 3.55. The van der Waals surface area contributed by atoms with Crippen LogP contribution in [-0.2, 0) is 19.5 Å². The van der Waals surface area contributed by atoms with Crippen molar-refractivity contribution in [2.24, 2.45) is 10.9 Å². The fourth-order valence-corrected chi connectivity index (χ4v) is 3.86. The number of rotatable bonds is 7. The number of hydrogen-bond acceptors (Lipinski definition) is 4. The van der Waals surface area contributed by atoms with E-state index in [1.165, 1.54) is 11.1 Å². The zero-order valence-electron chi connectivity index (χ0n) is 18.4. The van der Waals surface area contributed by atoms with Crippen molar-refractivity contribution in [3.8, 4) is 0 Å². The summed E-state index contributed by atoms with van der Waals surface area (Å²) < 4.78 is 5.41. The molecule has 29 heavy (non-hydrogen) atoms. The lowest BCUT2D eigenvalue weighted by Gasteiger charge is -2.38. The standard InChI is InChI=1S/C23H35N5O/c1-16(2)21-12-20(29-27-21)13-25-23(24-5)26-14-22(17(3)4)28-11-10-18-8-6-7-9-19(18)15-28/h6-9,12,16-17,22H,10-11,13-15H2,1-5H3,(H2,24,25,26). The lowest BCUT2D eigenvalue weighted by Crippen LogP contribution is -2.50. The molecule has 0 fully saturated rings. The van der Waals surface area contributed by atoms with Crippen LogP contribution in [0.2, 0.25) is 0 Å². The molecule has 1 aliphatic rings. The molecular weight excluding hydrogens is 362 g/mol. The number of aliphatic imine (C=N–C) groups is 1. The number of guanidine groups is 1. The SMILES string of the molecule is CN=C(NCc1cc(C(C)C)no1)NCC(C(C)C)N1CCc2ccccc2C1. The van der Waals surface area contributed by atoms with E-state index in [-0.39, 0.29) is 0 Å². The Bertz CT molecular complexity index is 811. The van der Waals surface area contributed by atoms with Crippen LogP contribution in [0.15, 0.2) is 39.8 Å². The Balaban J connectivity index is 1.55. The van der Waals surface area contributed by atoms with Crippen molar-refractivity contribution in [3.63, 3.8) is 0 Å². The van der Waals surface area contributed by atoms with Gasteiger partial charge in [-0.1, -0.05) is 57.1 Å². The smallest absolute Gasteiger partial charge is 0.191 e. The first-order valence-corrected chi connectivity index (χ1v) is 10.7. The Labute approximate surface area is 174 Å². The van der Waals surface area contributed by atoms with Gasteiger partial charge in [-0.15, -0.1) is 0 Å². The molecule has 3 rings (SSSR count). The molecule has 0 radical (unpaired) electrons. The Morgan fingerprint density at radius 1 is 1.17 bits per heavy atom. The second kappa shape index (κ2) is 9.92. The zero-order valence-corrected chi connectivity index (χ0v) is 18.4. The summed E-state index contributed by atoms with van der Waals surface area (Å²) in [4.78, 5) is 6.97. The highest BCUT2D eigenvalue weighted by molar-refractivity contribution is 5.79. The van der Waals surface area contributed by atoms with Crippen molar-refractivity contribution in [1.29, 1.82) is 0 Å². The lowest BCUT2D eigenvalue weighted by molar-refractivity contribution is 0.140. The molecule has 0 aliphatic carbocycles. The maximum absolute atomic E-state index is 5.41. The summed E-state index contributed by atoms with van der Waals surface area (Å²) in [5.41, 5.74) is 3.93. The first-order chi connectivity index (χ1) is 14.0. The van der Waals surface area contributed by atoms with E-state index in [4.69, 9.17) is 4.52 Å². The average Bonchev–Trinajstić information content (AvgIpc) is 3.19. The molecule has 2 aromatic rings. The zero-order chi connectivity index (χ0) is 20.8. The normalized spacial score (nSPS) is 16.2. The predicted molar refractivity (Wildman–Crippen MR) is 118 cm³/mol. The van der Waals surface area contributed by atoms with Crippen LogP contribution in [0.3, 0.4) is 0 Å². The number of benzene rings is 1. The van der Waals surface area contributed by atoms with Crippen molar-refractivity contribution in [1.82, 2.24) is 20.7 Å². The molecule has 1 atom stereocenters. The molecular formula is C23H35N5O. The number of nitrogens with zero attached hydrogens (tertiary/aromatic N) is 3. The van der Waals surface area contributed by atoms with Gasteiger partial charge in [0.15, 0.2) is 11.7 Å². The van der Waals surface area contributed by atoms with Crippen molar-refractivity contribution in [3.05, 3.63) is 52.9 Å². The van der Waals surface area contributed by atoms with E-state index in [1.807, 2.05) is 6.07 Å². The molecule has 1 aliphatic heterocycles. The highest BCUT2D eigenvalue weighted by Crippen LogP contribution is 2.22. The van der Waals surface area contributed by atoms with Gasteiger partial charge in [0.2, 0.25) is 0 Å². The summed E-state index contributed by atoms with van der Waals surface area (Å²) in [5.74, 6) is 2.53. The van der Waals surface area contributed by atoms with Crippen LogP contribution in [0, 0.1) is 5.92 Å². The van der Waals surface area contributed by atoms with Gasteiger partial charge in [-0.05, 0) is 29.4 Å². The quantitative estimate of drug-likeness (QED) is 0.553. The van der Waals surface area contributed by atoms with Crippen LogP contribution < -0.4 is 10.6 Å². The molecule has 1 unspecified atom stereocenters. The van der Waals surface area contributed by atoms with Crippen LogP contribution >= 0.6 is 0 Å². The molecule has 0 saturated heterocycles. The Hall–Kier alpha value is -2.34. The molecule has 6 heteroatoms. The molecule has 1 aromatic carbocycles. The number of nitrogens with one attached hydrogen (secondary N) is 2. The van der Waals surface area contributed by atoms with E-state index in [9.17, 15) is 0 Å². The molecule has 2 N–H and O–H groups in total. The van der Waals surface area contributed by atoms with Gasteiger partial charge >= 0.3 is 0 Å². The fraction of sp³-hybridized carbons (Fsp3) is 0.565. The van der Waals surface area contributed by atoms with Crippen molar-refractivity contribution in [2.75, 3.05) is 20.1 Å². The van der Waals surface area contributed by atoms with Crippen molar-refractivity contribution in [2.45, 2.75) is 59.2 Å². The molecule has 0 bridgehead atoms. The van der Waals surface area contributed by atoms with E-state index in [0.29, 0.717) is 24.4 Å². The van der Waals surface area contributed by atoms with Gasteiger partial charge in [-0.2, -0.15) is 0 Å². The van der Waals surface area contributed by atoms with E-state index in [0.717, 1.165) is 43.5 Å². The van der Waals surface area contributed by atoms with Gasteiger partial charge in [0.1, 0.15) is 0 Å². The van der Waals surface area contributed by atoms with Crippen LogP contribution in [-0.4, -0.2) is 42.2 Å². The molecule has 1 aromatic heterocycles. The highest BCUT2D eigenvalue weighted by atomic mass is 16.5. The summed E-state index contributed by atoms with van der Waals surface area (Å²) in [5, 5.41) is 11.0. The monoisotopic (exact) mass is 397 g/mol. The number of fused-ring (bicyclic) bond motifs is 1. The topological polar surface area (TPSA) is 65.7 Å². The summed E-state index contributed by atoms with van der Waals surface area (Å²) in [6.45, 7) is 12.4. The highest BCUT2D eigenvalue weighted by Gasteiger charge is 2.25. The van der Waals surface area contributed by atoms with Gasteiger partial charge in [0.05, 0.1) is 12.2 Å². The molecule has 0 saturated carbocycles. The average molecular weight is 398 g/mol. The number of hydrogen-bond donors (Lipinski definition) is 2. The summed E-state index contributed by atoms with van der Waals surface area (Å²) >= 11 is 0. The largest absolute Gasteiger partial charge is 0.359 e. The molecule has 0 amide bonds. The van der Waals surface area contributed by atoms with E-state index < -0.39 is 0 Å². The second-order valence-corrected chi connectivity index (χ2v) is 8.48.